The van der Waals surface area contributed by atoms with Crippen LogP contribution in [0.5, 0.6) is 11.5 Å². The summed E-state index contributed by atoms with van der Waals surface area (Å²) in [6.07, 6.45) is 1.98. The Morgan fingerprint density at radius 2 is 1.83 bits per heavy atom. The van der Waals surface area contributed by atoms with E-state index < -0.39 is 5.91 Å². The molecule has 1 aliphatic heterocycles. The lowest BCUT2D eigenvalue weighted by atomic mass is 10.1. The number of likely N-dealkylation sites (tertiary alicyclic amines) is 1. The van der Waals surface area contributed by atoms with Crippen molar-refractivity contribution >= 4 is 11.8 Å². The Balaban J connectivity index is 1.57. The van der Waals surface area contributed by atoms with Gasteiger partial charge in [0.15, 0.2) is 11.5 Å². The number of rotatable bonds is 6. The van der Waals surface area contributed by atoms with E-state index in [9.17, 15) is 9.59 Å². The minimum atomic E-state index is -0.665. The third kappa shape index (κ3) is 3.96. The van der Waals surface area contributed by atoms with E-state index in [0.717, 1.165) is 5.75 Å². The second-order valence-electron chi connectivity index (χ2n) is 7.01. The summed E-state index contributed by atoms with van der Waals surface area (Å²) in [4.78, 5) is 29.8. The van der Waals surface area contributed by atoms with E-state index in [1.807, 2.05) is 30.3 Å². The van der Waals surface area contributed by atoms with Crippen LogP contribution in [0.25, 0.3) is 11.3 Å². The van der Waals surface area contributed by atoms with Crippen LogP contribution in [-0.4, -0.2) is 34.8 Å². The van der Waals surface area contributed by atoms with Crippen LogP contribution in [0.15, 0.2) is 71.7 Å². The molecule has 2 N–H and O–H groups in total. The van der Waals surface area contributed by atoms with Crippen molar-refractivity contribution in [3.05, 3.63) is 78.8 Å². The molecule has 1 fully saturated rings. The van der Waals surface area contributed by atoms with Gasteiger partial charge in [-0.15, -0.1) is 0 Å². The van der Waals surface area contributed by atoms with Crippen LogP contribution in [0.3, 0.4) is 0 Å². The molecule has 152 valence electrons. The Bertz CT molecular complexity index is 1070. The molecule has 2 amide bonds. The van der Waals surface area contributed by atoms with E-state index in [4.69, 9.17) is 14.9 Å². The fraction of sp³-hybridized carbons (Fsp3) is 0.174. The normalized spacial score (nSPS) is 15.7. The van der Waals surface area contributed by atoms with Gasteiger partial charge < -0.3 is 19.8 Å². The number of carbonyl (C=O) groups is 2. The van der Waals surface area contributed by atoms with Crippen molar-refractivity contribution in [1.82, 2.24) is 9.88 Å². The van der Waals surface area contributed by atoms with Crippen LogP contribution in [0, 0.1) is 0 Å². The third-order valence-corrected chi connectivity index (χ3v) is 5.00. The number of nitrogens with zero attached hydrogens (tertiary/aromatic N) is 2. The van der Waals surface area contributed by atoms with Crippen LogP contribution >= 0.6 is 0 Å². The largest absolute Gasteiger partial charge is 0.457 e. The van der Waals surface area contributed by atoms with Crippen molar-refractivity contribution < 1.29 is 18.7 Å². The molecule has 1 aromatic heterocycles. The summed E-state index contributed by atoms with van der Waals surface area (Å²) in [5.41, 5.74) is 6.27. The summed E-state index contributed by atoms with van der Waals surface area (Å²) in [5.74, 6) is 1.21. The van der Waals surface area contributed by atoms with Gasteiger partial charge in [-0.05, 0) is 48.9 Å². The lowest BCUT2D eigenvalue weighted by Crippen LogP contribution is -2.26. The topological polar surface area (TPSA) is 98.7 Å². The molecule has 7 heteroatoms. The summed E-state index contributed by atoms with van der Waals surface area (Å²) in [6, 6.07) is 16.6. The van der Waals surface area contributed by atoms with Gasteiger partial charge in [-0.25, -0.2) is 4.98 Å². The standard InChI is InChI=1S/C23H21N3O4/c1-2-19(27)26-13-12-16(14-26)23-25-20(22(24)28)21(30-23)15-8-10-18(11-9-15)29-17-6-4-3-5-7-17/h2-11,16H,1,12-14H2,(H2,24,28). The van der Waals surface area contributed by atoms with Gasteiger partial charge in [0.05, 0.1) is 5.92 Å². The molecule has 2 aromatic carbocycles. The average Bonchev–Trinajstić information content (AvgIpc) is 3.42. The Labute approximate surface area is 173 Å². The molecule has 1 aliphatic rings. The Morgan fingerprint density at radius 1 is 1.13 bits per heavy atom. The fourth-order valence-corrected chi connectivity index (χ4v) is 3.46. The van der Waals surface area contributed by atoms with Crippen molar-refractivity contribution in [2.24, 2.45) is 5.73 Å². The van der Waals surface area contributed by atoms with Gasteiger partial charge in [-0.3, -0.25) is 9.59 Å². The predicted octanol–water partition coefficient (Wildman–Crippen LogP) is 3.73. The third-order valence-electron chi connectivity index (χ3n) is 5.00. The first-order valence-electron chi connectivity index (χ1n) is 9.60. The maximum absolute atomic E-state index is 11.9. The molecular formula is C23H21N3O4. The summed E-state index contributed by atoms with van der Waals surface area (Å²) in [6.45, 7) is 4.57. The number of oxazole rings is 1. The zero-order valence-electron chi connectivity index (χ0n) is 16.3. The highest BCUT2D eigenvalue weighted by atomic mass is 16.5. The van der Waals surface area contributed by atoms with Crippen molar-refractivity contribution in [3.8, 4) is 22.8 Å². The number of benzene rings is 2. The van der Waals surface area contributed by atoms with Crippen LogP contribution in [0.4, 0.5) is 0 Å². The first-order valence-corrected chi connectivity index (χ1v) is 9.60. The molecule has 0 aliphatic carbocycles. The number of ether oxygens (including phenoxy) is 1. The minimum absolute atomic E-state index is 0.0789. The number of primary amides is 1. The van der Waals surface area contributed by atoms with Gasteiger partial charge in [-0.1, -0.05) is 24.8 Å². The van der Waals surface area contributed by atoms with E-state index in [1.165, 1.54) is 6.08 Å². The molecule has 1 atom stereocenters. The van der Waals surface area contributed by atoms with Crippen LogP contribution < -0.4 is 10.5 Å². The second kappa shape index (κ2) is 8.24. The highest BCUT2D eigenvalue weighted by molar-refractivity contribution is 5.96. The number of nitrogens with two attached hydrogens (primary N) is 1. The first-order chi connectivity index (χ1) is 14.5. The molecule has 0 spiro atoms. The lowest BCUT2D eigenvalue weighted by Gasteiger charge is -2.12. The SMILES string of the molecule is C=CC(=O)N1CCC(c2nc(C(N)=O)c(-c3ccc(Oc4ccccc4)cc3)o2)C1. The Hall–Kier alpha value is -3.87. The van der Waals surface area contributed by atoms with Gasteiger partial charge in [-0.2, -0.15) is 0 Å². The van der Waals surface area contributed by atoms with Gasteiger partial charge in [0.25, 0.3) is 5.91 Å². The highest BCUT2D eigenvalue weighted by Crippen LogP contribution is 2.33. The number of aromatic nitrogens is 1. The summed E-state index contributed by atoms with van der Waals surface area (Å²) >= 11 is 0. The number of amides is 2. The molecule has 0 radical (unpaired) electrons. The van der Waals surface area contributed by atoms with Crippen LogP contribution in [0.1, 0.15) is 28.7 Å². The number of carbonyl (C=O) groups excluding carboxylic acids is 2. The molecule has 2 heterocycles. The van der Waals surface area contributed by atoms with E-state index in [2.05, 4.69) is 11.6 Å². The second-order valence-corrected chi connectivity index (χ2v) is 7.01. The van der Waals surface area contributed by atoms with Gasteiger partial charge in [0.1, 0.15) is 11.5 Å². The summed E-state index contributed by atoms with van der Waals surface area (Å²) in [7, 11) is 0. The van der Waals surface area contributed by atoms with Gasteiger partial charge >= 0.3 is 0 Å². The van der Waals surface area contributed by atoms with E-state index in [0.29, 0.717) is 42.5 Å². The molecule has 0 saturated carbocycles. The summed E-state index contributed by atoms with van der Waals surface area (Å²) < 4.78 is 11.7. The summed E-state index contributed by atoms with van der Waals surface area (Å²) in [5, 5.41) is 0. The number of hydrogen-bond acceptors (Lipinski definition) is 5. The van der Waals surface area contributed by atoms with Crippen molar-refractivity contribution in [3.63, 3.8) is 0 Å². The number of hydrogen-bond donors (Lipinski definition) is 1. The molecule has 3 aromatic rings. The maximum Gasteiger partial charge on any atom is 0.271 e. The van der Waals surface area contributed by atoms with Gasteiger partial charge in [0.2, 0.25) is 11.8 Å². The lowest BCUT2D eigenvalue weighted by molar-refractivity contribution is -0.125. The van der Waals surface area contributed by atoms with Crippen LogP contribution in [0.2, 0.25) is 0 Å². The number of para-hydroxylation sites is 1. The zero-order valence-corrected chi connectivity index (χ0v) is 16.3. The van der Waals surface area contributed by atoms with Crippen molar-refractivity contribution in [2.75, 3.05) is 13.1 Å². The molecule has 0 bridgehead atoms. The van der Waals surface area contributed by atoms with Crippen LogP contribution in [-0.2, 0) is 4.79 Å². The van der Waals surface area contributed by atoms with E-state index >= 15 is 0 Å². The monoisotopic (exact) mass is 403 g/mol. The maximum atomic E-state index is 11.9. The first kappa shape index (κ1) is 19.4. The zero-order chi connectivity index (χ0) is 21.1. The quantitative estimate of drug-likeness (QED) is 0.632. The highest BCUT2D eigenvalue weighted by Gasteiger charge is 2.31. The average molecular weight is 403 g/mol. The molecular weight excluding hydrogens is 382 g/mol. The smallest absolute Gasteiger partial charge is 0.271 e. The van der Waals surface area contributed by atoms with E-state index in [1.54, 1.807) is 29.2 Å². The minimum Gasteiger partial charge on any atom is -0.457 e. The molecule has 7 nitrogen and oxygen atoms in total. The van der Waals surface area contributed by atoms with E-state index in [-0.39, 0.29) is 17.5 Å². The van der Waals surface area contributed by atoms with Crippen molar-refractivity contribution in [1.29, 1.82) is 0 Å². The van der Waals surface area contributed by atoms with Gasteiger partial charge in [0, 0.05) is 18.7 Å². The fourth-order valence-electron chi connectivity index (χ4n) is 3.46. The van der Waals surface area contributed by atoms with Crippen molar-refractivity contribution in [2.45, 2.75) is 12.3 Å². The molecule has 30 heavy (non-hydrogen) atoms. The molecule has 4 rings (SSSR count). The Morgan fingerprint density at radius 3 is 2.50 bits per heavy atom. The predicted molar refractivity (Wildman–Crippen MR) is 111 cm³/mol. The molecule has 1 saturated heterocycles. The Kier molecular flexibility index (Phi) is 5.34. The molecule has 1 unspecified atom stereocenters.